The van der Waals surface area contributed by atoms with Crippen molar-refractivity contribution in [3.8, 4) is 6.07 Å². The second-order valence-electron chi connectivity index (χ2n) is 5.49. The summed E-state index contributed by atoms with van der Waals surface area (Å²) in [5.74, 6) is 1.20. The smallest absolute Gasteiger partial charge is 0.158 e. The van der Waals surface area contributed by atoms with Crippen molar-refractivity contribution in [2.24, 2.45) is 0 Å². The average Bonchev–Trinajstić information content (AvgIpc) is 2.63. The lowest BCUT2D eigenvalue weighted by atomic mass is 10.2. The first-order chi connectivity index (χ1) is 11.7. The lowest BCUT2D eigenvalue weighted by Gasteiger charge is -2.24. The predicted molar refractivity (Wildman–Crippen MR) is 90.1 cm³/mol. The summed E-state index contributed by atoms with van der Waals surface area (Å²) < 4.78 is 5.69. The highest BCUT2D eigenvalue weighted by Gasteiger charge is 2.13. The Labute approximate surface area is 140 Å². The molecule has 1 atom stereocenters. The van der Waals surface area contributed by atoms with Gasteiger partial charge in [0.2, 0.25) is 0 Å². The number of rotatable bonds is 5. The van der Waals surface area contributed by atoms with Crippen molar-refractivity contribution in [3.63, 3.8) is 0 Å². The fraction of sp³-hybridized carbons (Fsp3) is 0.375. The maximum atomic E-state index is 8.74. The third kappa shape index (κ3) is 4.16. The topological polar surface area (TPSA) is 108 Å². The van der Waals surface area contributed by atoms with Gasteiger partial charge in [0.25, 0.3) is 0 Å². The number of ether oxygens (including phenoxy) is 1. The van der Waals surface area contributed by atoms with Gasteiger partial charge in [-0.3, -0.25) is 0 Å². The molecule has 2 aromatic rings. The van der Waals surface area contributed by atoms with E-state index in [0.29, 0.717) is 11.6 Å². The molecule has 3 rings (SSSR count). The first-order valence-electron chi connectivity index (χ1n) is 7.76. The molecule has 1 aliphatic heterocycles. The van der Waals surface area contributed by atoms with Gasteiger partial charge in [-0.1, -0.05) is 0 Å². The summed E-state index contributed by atoms with van der Waals surface area (Å²) in [5.41, 5.74) is 2.32. The van der Waals surface area contributed by atoms with Crippen LogP contribution in [0.2, 0.25) is 0 Å². The Kier molecular flexibility index (Phi) is 5.15. The molecule has 1 saturated heterocycles. The summed E-state index contributed by atoms with van der Waals surface area (Å²) in [5, 5.41) is 18.5. The minimum absolute atomic E-state index is 0.159. The zero-order valence-electron chi connectivity index (χ0n) is 13.4. The molecular formula is C16H19N7O. The second-order valence-corrected chi connectivity index (χ2v) is 5.49. The van der Waals surface area contributed by atoms with Crippen molar-refractivity contribution in [2.45, 2.75) is 13.0 Å². The molecule has 0 amide bonds. The molecule has 8 heteroatoms. The average molecular weight is 325 g/mol. The van der Waals surface area contributed by atoms with Crippen molar-refractivity contribution < 1.29 is 4.74 Å². The largest absolute Gasteiger partial charge is 0.382 e. The maximum Gasteiger partial charge on any atom is 0.158 e. The molecule has 0 spiro atoms. The Hall–Kier alpha value is -2.76. The van der Waals surface area contributed by atoms with Crippen molar-refractivity contribution in [1.29, 1.82) is 5.26 Å². The van der Waals surface area contributed by atoms with Crippen LogP contribution < -0.4 is 16.0 Å². The van der Waals surface area contributed by atoms with E-state index >= 15 is 0 Å². The lowest BCUT2D eigenvalue weighted by Crippen LogP contribution is -2.42. The summed E-state index contributed by atoms with van der Waals surface area (Å²) in [4.78, 5) is 12.5. The molecule has 124 valence electrons. The van der Waals surface area contributed by atoms with Gasteiger partial charge in [0.1, 0.15) is 17.7 Å². The van der Waals surface area contributed by atoms with Gasteiger partial charge >= 0.3 is 0 Å². The molecule has 0 aromatic carbocycles. The van der Waals surface area contributed by atoms with E-state index in [1.807, 2.05) is 19.1 Å². The van der Waals surface area contributed by atoms with Crippen LogP contribution in [0.1, 0.15) is 11.3 Å². The van der Waals surface area contributed by atoms with Gasteiger partial charge in [-0.05, 0) is 12.5 Å². The van der Waals surface area contributed by atoms with Crippen molar-refractivity contribution >= 4 is 17.3 Å². The van der Waals surface area contributed by atoms with E-state index in [9.17, 15) is 0 Å². The van der Waals surface area contributed by atoms with E-state index in [0.717, 1.165) is 37.5 Å². The van der Waals surface area contributed by atoms with Gasteiger partial charge in [0.05, 0.1) is 25.1 Å². The molecule has 2 aromatic heterocycles. The van der Waals surface area contributed by atoms with Crippen LogP contribution in [-0.2, 0) is 4.74 Å². The van der Waals surface area contributed by atoms with Crippen LogP contribution in [0.3, 0.4) is 0 Å². The van der Waals surface area contributed by atoms with Crippen LogP contribution in [0.15, 0.2) is 24.7 Å². The highest BCUT2D eigenvalue weighted by molar-refractivity contribution is 5.61. The minimum Gasteiger partial charge on any atom is -0.382 e. The number of morpholine rings is 1. The third-order valence-electron chi connectivity index (χ3n) is 3.65. The van der Waals surface area contributed by atoms with Crippen molar-refractivity contribution in [3.05, 3.63) is 35.9 Å². The molecule has 3 heterocycles. The van der Waals surface area contributed by atoms with Gasteiger partial charge in [-0.2, -0.15) is 5.26 Å². The highest BCUT2D eigenvalue weighted by Crippen LogP contribution is 2.20. The molecule has 24 heavy (non-hydrogen) atoms. The molecule has 0 radical (unpaired) electrons. The molecule has 0 saturated carbocycles. The number of nitrogens with zero attached hydrogens (tertiary/aromatic N) is 4. The number of hydrogen-bond donors (Lipinski definition) is 3. The Balaban J connectivity index is 1.65. The zero-order chi connectivity index (χ0) is 16.8. The highest BCUT2D eigenvalue weighted by atomic mass is 16.5. The van der Waals surface area contributed by atoms with Gasteiger partial charge in [0.15, 0.2) is 5.69 Å². The van der Waals surface area contributed by atoms with E-state index in [-0.39, 0.29) is 11.8 Å². The van der Waals surface area contributed by atoms with Crippen LogP contribution >= 0.6 is 0 Å². The Morgan fingerprint density at radius 2 is 2.17 bits per heavy atom. The molecule has 1 fully saturated rings. The van der Waals surface area contributed by atoms with Gasteiger partial charge in [-0.15, -0.1) is 0 Å². The summed E-state index contributed by atoms with van der Waals surface area (Å²) >= 11 is 0. The summed E-state index contributed by atoms with van der Waals surface area (Å²) in [6, 6.07) is 3.86. The van der Waals surface area contributed by atoms with E-state index < -0.39 is 0 Å². The first-order valence-corrected chi connectivity index (χ1v) is 7.76. The number of hydrogen-bond acceptors (Lipinski definition) is 8. The van der Waals surface area contributed by atoms with Crippen LogP contribution in [0.25, 0.3) is 0 Å². The van der Waals surface area contributed by atoms with Gasteiger partial charge < -0.3 is 20.7 Å². The van der Waals surface area contributed by atoms with Gasteiger partial charge in [0, 0.05) is 37.6 Å². The molecule has 3 N–H and O–H groups in total. The van der Waals surface area contributed by atoms with E-state index in [2.05, 4.69) is 30.9 Å². The van der Waals surface area contributed by atoms with Gasteiger partial charge in [-0.25, -0.2) is 15.0 Å². The predicted octanol–water partition coefficient (Wildman–Crippen LogP) is 1.20. The van der Waals surface area contributed by atoms with Crippen LogP contribution in [0, 0.1) is 18.3 Å². The Morgan fingerprint density at radius 3 is 2.88 bits per heavy atom. The summed E-state index contributed by atoms with van der Waals surface area (Å²) in [6.45, 7) is 5.23. The summed E-state index contributed by atoms with van der Waals surface area (Å²) in [7, 11) is 0. The molecule has 0 bridgehead atoms. The number of aryl methyl sites for hydroxylation is 1. The van der Waals surface area contributed by atoms with Crippen LogP contribution in [0.4, 0.5) is 17.3 Å². The monoisotopic (exact) mass is 325 g/mol. The summed E-state index contributed by atoms with van der Waals surface area (Å²) in [6.07, 6.45) is 4.88. The molecule has 0 aliphatic carbocycles. The zero-order valence-corrected chi connectivity index (χ0v) is 13.4. The number of pyridine rings is 1. The van der Waals surface area contributed by atoms with E-state index in [1.54, 1.807) is 6.20 Å². The standard InChI is InChI=1S/C16H19N7O/c1-11-6-21-15(23-16-10-19-12(5-17)7-22-16)4-14(11)20-9-13-8-18-2-3-24-13/h4,6-7,10,13,18H,2-3,8-9H2,1H3,(H2,20,21,22,23). The number of anilines is 3. The SMILES string of the molecule is Cc1cnc(Nc2cnc(C#N)cn2)cc1NCC1CNCCO1. The fourth-order valence-electron chi connectivity index (χ4n) is 2.34. The van der Waals surface area contributed by atoms with Crippen molar-refractivity contribution in [2.75, 3.05) is 36.9 Å². The maximum absolute atomic E-state index is 8.74. The Bertz CT molecular complexity index is 720. The molecular weight excluding hydrogens is 306 g/mol. The van der Waals surface area contributed by atoms with Crippen molar-refractivity contribution in [1.82, 2.24) is 20.3 Å². The first kappa shape index (κ1) is 16.1. The fourth-order valence-corrected chi connectivity index (χ4v) is 2.34. The van der Waals surface area contributed by atoms with Crippen LogP contribution in [0.5, 0.6) is 0 Å². The lowest BCUT2D eigenvalue weighted by molar-refractivity contribution is 0.0372. The minimum atomic E-state index is 0.159. The molecule has 1 aliphatic rings. The van der Waals surface area contributed by atoms with E-state index in [4.69, 9.17) is 10.00 Å². The van der Waals surface area contributed by atoms with E-state index in [1.165, 1.54) is 12.4 Å². The number of nitriles is 1. The Morgan fingerprint density at radius 1 is 1.29 bits per heavy atom. The third-order valence-corrected chi connectivity index (χ3v) is 3.65. The normalized spacial score (nSPS) is 17.1. The number of aromatic nitrogens is 3. The number of nitrogens with one attached hydrogen (secondary N) is 3. The molecule has 8 nitrogen and oxygen atoms in total. The van der Waals surface area contributed by atoms with Crippen LogP contribution in [-0.4, -0.2) is 47.3 Å². The molecule has 1 unspecified atom stereocenters. The second kappa shape index (κ2) is 7.68. The quantitative estimate of drug-likeness (QED) is 0.752.